The smallest absolute Gasteiger partial charge is 0.281 e. The fraction of sp³-hybridized carbons (Fsp3) is 0.136. The predicted octanol–water partition coefficient (Wildman–Crippen LogP) is 3.58. The first-order chi connectivity index (χ1) is 15.9. The molecule has 1 saturated heterocycles. The van der Waals surface area contributed by atoms with E-state index in [1.165, 1.54) is 28.9 Å². The van der Waals surface area contributed by atoms with Crippen molar-refractivity contribution in [3.8, 4) is 0 Å². The Kier molecular flexibility index (Phi) is 5.43. The minimum Gasteiger partial charge on any atom is -0.320 e. The van der Waals surface area contributed by atoms with E-state index in [1.54, 1.807) is 31.2 Å². The number of hydrazine groups is 1. The molecular weight excluding hydrogens is 465 g/mol. The molecule has 33 heavy (non-hydrogen) atoms. The number of hydrogen-bond donors (Lipinski definition) is 2. The Bertz CT molecular complexity index is 1320. The van der Waals surface area contributed by atoms with E-state index in [2.05, 4.69) is 20.7 Å². The molecule has 1 aromatic heterocycles. The number of carbonyl (C=O) groups is 3. The van der Waals surface area contributed by atoms with Crippen LogP contribution in [-0.4, -0.2) is 39.2 Å². The Morgan fingerprint density at radius 2 is 1.97 bits per heavy atom. The molecule has 3 heterocycles. The zero-order valence-corrected chi connectivity index (χ0v) is 18.8. The van der Waals surface area contributed by atoms with Crippen LogP contribution < -0.4 is 10.7 Å². The molecule has 3 aromatic rings. The van der Waals surface area contributed by atoms with Gasteiger partial charge >= 0.3 is 0 Å². The molecule has 0 radical (unpaired) electrons. The molecule has 0 bridgehead atoms. The highest BCUT2D eigenvalue weighted by molar-refractivity contribution is 8.00. The van der Waals surface area contributed by atoms with E-state index in [-0.39, 0.29) is 39.1 Å². The maximum atomic E-state index is 13.3. The number of anilines is 1. The van der Waals surface area contributed by atoms with Gasteiger partial charge in [-0.15, -0.1) is 11.8 Å². The van der Waals surface area contributed by atoms with Crippen LogP contribution in [0.4, 0.5) is 15.2 Å². The second-order valence-corrected chi connectivity index (χ2v) is 9.34. The summed E-state index contributed by atoms with van der Waals surface area (Å²) < 4.78 is 13.3. The molecule has 0 aliphatic carbocycles. The number of thiazole rings is 1. The monoisotopic (exact) mass is 481 g/mol. The maximum absolute atomic E-state index is 13.3. The number of aromatic nitrogens is 1. The van der Waals surface area contributed by atoms with E-state index < -0.39 is 11.3 Å². The lowest BCUT2D eigenvalue weighted by Crippen LogP contribution is -2.44. The Morgan fingerprint density at radius 3 is 2.76 bits per heavy atom. The van der Waals surface area contributed by atoms with Gasteiger partial charge in [-0.2, -0.15) is 0 Å². The van der Waals surface area contributed by atoms with Gasteiger partial charge in [-0.25, -0.2) is 19.4 Å². The minimum atomic E-state index is -0.504. The molecule has 1 atom stereocenters. The molecule has 8 nitrogen and oxygen atoms in total. The zero-order chi connectivity index (χ0) is 23.1. The van der Waals surface area contributed by atoms with Crippen LogP contribution in [0.25, 0.3) is 0 Å². The predicted molar refractivity (Wildman–Crippen MR) is 124 cm³/mol. The highest BCUT2D eigenvalue weighted by Crippen LogP contribution is 2.37. The number of amides is 3. The summed E-state index contributed by atoms with van der Waals surface area (Å²) in [5, 5.41) is 3.80. The number of hydrogen-bond acceptors (Lipinski definition) is 7. The Balaban J connectivity index is 1.38. The molecule has 3 amide bonds. The van der Waals surface area contributed by atoms with Crippen LogP contribution in [0.3, 0.4) is 0 Å². The normalized spacial score (nSPS) is 18.5. The van der Waals surface area contributed by atoms with Gasteiger partial charge in [0.15, 0.2) is 0 Å². The van der Waals surface area contributed by atoms with Crippen molar-refractivity contribution in [1.82, 2.24) is 15.4 Å². The lowest BCUT2D eigenvalue weighted by atomic mass is 10.1. The van der Waals surface area contributed by atoms with Crippen LogP contribution in [0.15, 0.2) is 53.5 Å². The molecule has 0 spiro atoms. The molecule has 2 aliphatic rings. The van der Waals surface area contributed by atoms with Crippen LogP contribution >= 0.6 is 23.1 Å². The summed E-state index contributed by atoms with van der Waals surface area (Å²) in [6.07, 6.45) is 0. The number of benzene rings is 2. The van der Waals surface area contributed by atoms with E-state index in [0.29, 0.717) is 22.5 Å². The van der Waals surface area contributed by atoms with Crippen molar-refractivity contribution in [2.45, 2.75) is 12.3 Å². The molecule has 2 aliphatic heterocycles. The molecule has 0 saturated carbocycles. The average Bonchev–Trinajstić information content (AvgIpc) is 3.45. The van der Waals surface area contributed by atoms with Crippen LogP contribution in [0, 0.1) is 12.7 Å². The Labute approximate surface area is 195 Å². The summed E-state index contributed by atoms with van der Waals surface area (Å²) in [6, 6.07) is 13.0. The van der Waals surface area contributed by atoms with Crippen molar-refractivity contribution in [3.63, 3.8) is 0 Å². The van der Waals surface area contributed by atoms with E-state index in [4.69, 9.17) is 0 Å². The quantitative estimate of drug-likeness (QED) is 0.593. The number of nitrogens with zero attached hydrogens (tertiary/aromatic N) is 3. The van der Waals surface area contributed by atoms with Gasteiger partial charge in [0.05, 0.1) is 17.1 Å². The Morgan fingerprint density at radius 1 is 1.21 bits per heavy atom. The summed E-state index contributed by atoms with van der Waals surface area (Å²) in [4.78, 5) is 46.7. The highest BCUT2D eigenvalue weighted by Gasteiger charge is 2.35. The summed E-state index contributed by atoms with van der Waals surface area (Å²) in [6.45, 7) is 1.66. The third-order valence-electron chi connectivity index (χ3n) is 5.09. The number of rotatable bonds is 4. The fourth-order valence-electron chi connectivity index (χ4n) is 3.53. The first kappa shape index (κ1) is 21.3. The van der Waals surface area contributed by atoms with Crippen LogP contribution in [0.1, 0.15) is 31.9 Å². The van der Waals surface area contributed by atoms with Gasteiger partial charge in [-0.05, 0) is 30.7 Å². The van der Waals surface area contributed by atoms with Gasteiger partial charge in [-0.3, -0.25) is 19.8 Å². The van der Waals surface area contributed by atoms with Crippen molar-refractivity contribution in [2.75, 3.05) is 11.1 Å². The van der Waals surface area contributed by atoms with Gasteiger partial charge < -0.3 is 5.32 Å². The maximum Gasteiger partial charge on any atom is 0.281 e. The van der Waals surface area contributed by atoms with Gasteiger partial charge in [0.25, 0.3) is 17.7 Å². The summed E-state index contributed by atoms with van der Waals surface area (Å²) in [5.74, 6) is -1.29. The molecule has 11 heteroatoms. The molecule has 2 N–H and O–H groups in total. The largest absolute Gasteiger partial charge is 0.320 e. The summed E-state index contributed by atoms with van der Waals surface area (Å²) in [5.41, 5.74) is 5.36. The topological polar surface area (TPSA) is 104 Å². The molecular formula is C22H16FN5O3S2. The van der Waals surface area contributed by atoms with Crippen molar-refractivity contribution in [3.05, 3.63) is 76.0 Å². The summed E-state index contributed by atoms with van der Waals surface area (Å²) in [7, 11) is 0. The van der Waals surface area contributed by atoms with E-state index in [1.807, 2.05) is 12.1 Å². The molecule has 1 unspecified atom stereocenters. The lowest BCUT2D eigenvalue weighted by Gasteiger charge is -2.24. The van der Waals surface area contributed by atoms with Crippen LogP contribution in [0.5, 0.6) is 0 Å². The number of para-hydroxylation sites is 1. The van der Waals surface area contributed by atoms with E-state index in [0.717, 1.165) is 11.3 Å². The number of fused-ring (bicyclic) bond motifs is 1. The number of aryl methyl sites for hydroxylation is 1. The van der Waals surface area contributed by atoms with Crippen molar-refractivity contribution >= 4 is 57.4 Å². The number of aliphatic imine (C=N–C) groups is 1. The van der Waals surface area contributed by atoms with Crippen LogP contribution in [-0.2, 0) is 9.59 Å². The lowest BCUT2D eigenvalue weighted by molar-refractivity contribution is -0.130. The van der Waals surface area contributed by atoms with E-state index in [9.17, 15) is 18.8 Å². The van der Waals surface area contributed by atoms with Crippen molar-refractivity contribution < 1.29 is 18.8 Å². The third kappa shape index (κ3) is 4.00. The van der Waals surface area contributed by atoms with Crippen molar-refractivity contribution in [2.24, 2.45) is 4.99 Å². The fourth-order valence-corrected chi connectivity index (χ4v) is 5.47. The number of thioether (sulfide) groups is 1. The van der Waals surface area contributed by atoms with Gasteiger partial charge in [0.2, 0.25) is 5.13 Å². The van der Waals surface area contributed by atoms with Gasteiger partial charge in [0.1, 0.15) is 21.8 Å². The highest BCUT2D eigenvalue weighted by atomic mass is 32.2. The van der Waals surface area contributed by atoms with Crippen molar-refractivity contribution in [1.29, 1.82) is 0 Å². The molecule has 2 aromatic carbocycles. The molecule has 1 fully saturated rings. The zero-order valence-electron chi connectivity index (χ0n) is 17.2. The second kappa shape index (κ2) is 8.41. The van der Waals surface area contributed by atoms with E-state index >= 15 is 0 Å². The number of halogens is 1. The number of nitrogens with one attached hydrogen (secondary N) is 2. The standard InChI is InChI=1S/C22H16FN5O3S2/c1-11-18(33-22(24-11)26-17-14-4-2-3-5-15(14)25-19(17)30)20(31)27-28-16(29)10-32-21(28)12-6-8-13(23)9-7-12/h2-9,21H,10H2,1H3,(H,27,31)(H,24,25,26,30). The Hall–Kier alpha value is -3.57. The van der Waals surface area contributed by atoms with Gasteiger partial charge in [-0.1, -0.05) is 41.7 Å². The SMILES string of the molecule is Cc1nc(N=C2C(=O)Nc3ccccc32)sc1C(=O)NN1C(=O)CSC1c1ccc(F)cc1. The van der Waals surface area contributed by atoms with Crippen LogP contribution in [0.2, 0.25) is 0 Å². The molecule has 5 rings (SSSR count). The third-order valence-corrected chi connectivity index (χ3v) is 7.35. The first-order valence-corrected chi connectivity index (χ1v) is 11.7. The minimum absolute atomic E-state index is 0.192. The molecule has 166 valence electrons. The second-order valence-electron chi connectivity index (χ2n) is 7.29. The summed E-state index contributed by atoms with van der Waals surface area (Å²) >= 11 is 2.37. The first-order valence-electron chi connectivity index (χ1n) is 9.87. The average molecular weight is 482 g/mol. The number of carbonyl (C=O) groups excluding carboxylic acids is 3. The van der Waals surface area contributed by atoms with Gasteiger partial charge in [0, 0.05) is 5.56 Å².